The average molecular weight is 689 g/mol. The first-order valence-corrected chi connectivity index (χ1v) is 14.5. The Kier molecular flexibility index (Phi) is 15.6. The summed E-state index contributed by atoms with van der Waals surface area (Å²) in [6.45, 7) is 12.2. The maximum absolute atomic E-state index is 13.2. The SMILES string of the molecule is C=CCOC(=O)[C@H]1O[C@@H](OCC=C)[C@H](OC(C)=O)[C@@H](O[C@H]2O[C@H](COC(C)=O)[C@@H](OC(C)=O)[C@H](OC(C)=O)[C@@H]2OC(C)=O)[C@@H]1OC(C)=O. The van der Waals surface area contributed by atoms with Gasteiger partial charge in [0.25, 0.3) is 0 Å². The molecule has 0 unspecified atom stereocenters. The van der Waals surface area contributed by atoms with Gasteiger partial charge in [0.15, 0.2) is 49.2 Å². The van der Waals surface area contributed by atoms with Gasteiger partial charge in [-0.3, -0.25) is 28.8 Å². The highest BCUT2D eigenvalue weighted by atomic mass is 16.8. The molecule has 0 amide bonds. The zero-order valence-corrected chi connectivity index (χ0v) is 27.3. The maximum atomic E-state index is 13.2. The topological polar surface area (TPSA) is 221 Å². The van der Waals surface area contributed by atoms with E-state index in [1.54, 1.807) is 0 Å². The van der Waals surface area contributed by atoms with Crippen molar-refractivity contribution in [3.63, 3.8) is 0 Å². The second-order valence-electron chi connectivity index (χ2n) is 10.3. The van der Waals surface area contributed by atoms with E-state index in [9.17, 15) is 33.6 Å². The molecule has 2 aliphatic rings. The Hall–Kier alpha value is -4.39. The van der Waals surface area contributed by atoms with Crippen molar-refractivity contribution in [1.29, 1.82) is 0 Å². The van der Waals surface area contributed by atoms with Crippen LogP contribution in [-0.2, 0) is 85.7 Å². The van der Waals surface area contributed by atoms with Crippen LogP contribution in [0.4, 0.5) is 0 Å². The quantitative estimate of drug-likeness (QED) is 0.125. The van der Waals surface area contributed by atoms with E-state index < -0.39 is 110 Å². The first-order chi connectivity index (χ1) is 22.6. The van der Waals surface area contributed by atoms with Crippen molar-refractivity contribution in [2.45, 2.75) is 103 Å². The predicted molar refractivity (Wildman–Crippen MR) is 154 cm³/mol. The molecule has 2 rings (SSSR count). The lowest BCUT2D eigenvalue weighted by Crippen LogP contribution is -2.67. The molecular formula is C30H40O18. The van der Waals surface area contributed by atoms with Gasteiger partial charge in [-0.05, 0) is 0 Å². The summed E-state index contributed by atoms with van der Waals surface area (Å²) < 4.78 is 61.0. The van der Waals surface area contributed by atoms with Gasteiger partial charge in [0.05, 0.1) is 6.61 Å². The summed E-state index contributed by atoms with van der Waals surface area (Å²) in [6, 6.07) is 0. The standard InChI is InChI=1S/C30H40O18/c1-9-11-38-28(37)25-23(43-17(6)34)24(26(44-18(7)35)29(48-25)39-12-10-2)47-30-27(45-19(8)36)22(42-16(5)33)21(41-15(4)32)20(46-30)13-40-14(3)31/h9-10,20-27,29-30H,1-2,11-13H2,3-8H3/t20-,21-,22+,23+,24+,25+,26-,27+,29-,30-/m1/s1. The molecule has 268 valence electrons. The third-order valence-corrected chi connectivity index (χ3v) is 6.29. The Labute approximate surface area is 275 Å². The number of hydrogen-bond donors (Lipinski definition) is 0. The number of ether oxygens (including phenoxy) is 11. The number of carbonyl (C=O) groups is 7. The molecule has 0 spiro atoms. The molecule has 2 fully saturated rings. The Morgan fingerprint density at radius 2 is 1.02 bits per heavy atom. The smallest absolute Gasteiger partial charge is 0.339 e. The van der Waals surface area contributed by atoms with Gasteiger partial charge < -0.3 is 52.1 Å². The van der Waals surface area contributed by atoms with Crippen LogP contribution in [0, 0.1) is 0 Å². The monoisotopic (exact) mass is 688 g/mol. The van der Waals surface area contributed by atoms with Gasteiger partial charge in [-0.15, -0.1) is 6.58 Å². The molecule has 18 nitrogen and oxygen atoms in total. The lowest BCUT2D eigenvalue weighted by molar-refractivity contribution is -0.357. The fourth-order valence-corrected chi connectivity index (χ4v) is 4.77. The van der Waals surface area contributed by atoms with Crippen molar-refractivity contribution in [3.8, 4) is 0 Å². The Bertz CT molecular complexity index is 1210. The number of esters is 7. The van der Waals surface area contributed by atoms with E-state index in [2.05, 4.69) is 13.2 Å². The normalized spacial score (nSPS) is 29.6. The average Bonchev–Trinajstić information content (AvgIpc) is 2.97. The minimum Gasteiger partial charge on any atom is -0.463 e. The number of hydrogen-bond acceptors (Lipinski definition) is 18. The molecule has 0 saturated carbocycles. The van der Waals surface area contributed by atoms with Crippen LogP contribution in [0.1, 0.15) is 41.5 Å². The maximum Gasteiger partial charge on any atom is 0.339 e. The van der Waals surface area contributed by atoms with Gasteiger partial charge in [0.2, 0.25) is 0 Å². The van der Waals surface area contributed by atoms with Gasteiger partial charge in [0, 0.05) is 41.5 Å². The van der Waals surface area contributed by atoms with Gasteiger partial charge in [-0.2, -0.15) is 0 Å². The van der Waals surface area contributed by atoms with Crippen LogP contribution in [0.5, 0.6) is 0 Å². The van der Waals surface area contributed by atoms with Crippen molar-refractivity contribution in [3.05, 3.63) is 25.3 Å². The van der Waals surface area contributed by atoms with Crippen LogP contribution in [0.15, 0.2) is 25.3 Å². The van der Waals surface area contributed by atoms with Crippen LogP contribution >= 0.6 is 0 Å². The van der Waals surface area contributed by atoms with E-state index in [4.69, 9.17) is 52.1 Å². The van der Waals surface area contributed by atoms with Gasteiger partial charge in [-0.1, -0.05) is 18.7 Å². The number of rotatable bonds is 15. The highest BCUT2D eigenvalue weighted by Crippen LogP contribution is 2.36. The summed E-state index contributed by atoms with van der Waals surface area (Å²) in [5.74, 6) is -6.37. The van der Waals surface area contributed by atoms with E-state index >= 15 is 0 Å². The lowest BCUT2D eigenvalue weighted by atomic mass is 9.95. The van der Waals surface area contributed by atoms with E-state index in [1.807, 2.05) is 0 Å². The highest BCUT2D eigenvalue weighted by molar-refractivity contribution is 5.77. The van der Waals surface area contributed by atoms with Crippen molar-refractivity contribution in [2.75, 3.05) is 19.8 Å². The Morgan fingerprint density at radius 1 is 0.542 bits per heavy atom. The summed E-state index contributed by atoms with van der Waals surface area (Å²) in [6.07, 6.45) is -14.1. The third kappa shape index (κ3) is 11.7. The van der Waals surface area contributed by atoms with Crippen LogP contribution in [0.3, 0.4) is 0 Å². The fraction of sp³-hybridized carbons (Fsp3) is 0.633. The molecule has 0 aromatic rings. The van der Waals surface area contributed by atoms with Crippen molar-refractivity contribution in [2.24, 2.45) is 0 Å². The highest BCUT2D eigenvalue weighted by Gasteiger charge is 2.59. The van der Waals surface area contributed by atoms with Crippen LogP contribution in [0.2, 0.25) is 0 Å². The van der Waals surface area contributed by atoms with E-state index in [0.29, 0.717) is 0 Å². The van der Waals surface area contributed by atoms with Crippen molar-refractivity contribution < 1.29 is 85.7 Å². The second-order valence-corrected chi connectivity index (χ2v) is 10.3. The summed E-state index contributed by atoms with van der Waals surface area (Å²) in [5, 5.41) is 0. The fourth-order valence-electron chi connectivity index (χ4n) is 4.77. The third-order valence-electron chi connectivity index (χ3n) is 6.29. The van der Waals surface area contributed by atoms with Crippen LogP contribution in [-0.4, -0.2) is 123 Å². The molecule has 2 heterocycles. The van der Waals surface area contributed by atoms with Gasteiger partial charge in [0.1, 0.15) is 25.4 Å². The zero-order valence-electron chi connectivity index (χ0n) is 27.3. The molecular weight excluding hydrogens is 648 g/mol. The molecule has 0 bridgehead atoms. The largest absolute Gasteiger partial charge is 0.463 e. The first kappa shape index (κ1) is 39.8. The van der Waals surface area contributed by atoms with E-state index in [0.717, 1.165) is 41.5 Å². The Balaban J connectivity index is 2.78. The Morgan fingerprint density at radius 3 is 1.52 bits per heavy atom. The molecule has 0 aliphatic carbocycles. The van der Waals surface area contributed by atoms with Gasteiger partial charge >= 0.3 is 41.8 Å². The molecule has 2 saturated heterocycles. The van der Waals surface area contributed by atoms with Crippen LogP contribution in [0.25, 0.3) is 0 Å². The molecule has 10 atom stereocenters. The van der Waals surface area contributed by atoms with Crippen molar-refractivity contribution >= 4 is 41.8 Å². The van der Waals surface area contributed by atoms with Crippen molar-refractivity contribution in [1.82, 2.24) is 0 Å². The molecule has 0 aromatic heterocycles. The molecule has 0 radical (unpaired) electrons. The first-order valence-electron chi connectivity index (χ1n) is 14.5. The summed E-state index contributed by atoms with van der Waals surface area (Å²) in [4.78, 5) is 86.2. The minimum absolute atomic E-state index is 0.194. The van der Waals surface area contributed by atoms with E-state index in [-0.39, 0.29) is 13.2 Å². The van der Waals surface area contributed by atoms with E-state index in [1.165, 1.54) is 12.2 Å². The second kappa shape index (κ2) is 18.8. The summed E-state index contributed by atoms with van der Waals surface area (Å²) in [7, 11) is 0. The zero-order chi connectivity index (χ0) is 36.1. The summed E-state index contributed by atoms with van der Waals surface area (Å²) >= 11 is 0. The lowest BCUT2D eigenvalue weighted by Gasteiger charge is -2.48. The molecule has 18 heteroatoms. The molecule has 0 N–H and O–H groups in total. The minimum atomic E-state index is -1.85. The number of carbonyl (C=O) groups excluding carboxylic acids is 7. The predicted octanol–water partition coefficient (Wildman–Crippen LogP) is -0.0252. The molecule has 2 aliphatic heterocycles. The van der Waals surface area contributed by atoms with Gasteiger partial charge in [-0.25, -0.2) is 4.79 Å². The molecule has 0 aromatic carbocycles. The molecule has 48 heavy (non-hydrogen) atoms. The van der Waals surface area contributed by atoms with Crippen LogP contribution < -0.4 is 0 Å². The summed E-state index contributed by atoms with van der Waals surface area (Å²) in [5.41, 5.74) is 0.